The van der Waals surface area contributed by atoms with Gasteiger partial charge in [-0.3, -0.25) is 4.79 Å². The summed E-state index contributed by atoms with van der Waals surface area (Å²) >= 11 is 5.77. The summed E-state index contributed by atoms with van der Waals surface area (Å²) in [4.78, 5) is 13.9. The molecule has 0 spiro atoms. The average molecular weight is 240 g/mol. The number of fused-ring (bicyclic) bond motifs is 1. The summed E-state index contributed by atoms with van der Waals surface area (Å²) < 4.78 is 13.3. The van der Waals surface area contributed by atoms with E-state index in [0.717, 1.165) is 25.1 Å². The van der Waals surface area contributed by atoms with Crippen LogP contribution in [0.4, 0.5) is 10.1 Å². The lowest BCUT2D eigenvalue weighted by Gasteiger charge is -2.30. The number of nitrogens with zero attached hydrogens (tertiary/aromatic N) is 1. The number of Topliss-reactive ketones (excluding diaryl/α,β-unsaturated/α-hetero) is 1. The summed E-state index contributed by atoms with van der Waals surface area (Å²) in [6.45, 7) is 0.735. The molecule has 1 aromatic carbocycles. The van der Waals surface area contributed by atoms with E-state index in [-0.39, 0.29) is 10.8 Å². The fourth-order valence-electron chi connectivity index (χ4n) is 2.24. The molecule has 0 unspecified atom stereocenters. The van der Waals surface area contributed by atoms with Crippen LogP contribution in [0.25, 0.3) is 0 Å². The molecule has 0 radical (unpaired) electrons. The van der Waals surface area contributed by atoms with Gasteiger partial charge in [0.05, 0.1) is 5.02 Å². The van der Waals surface area contributed by atoms with Gasteiger partial charge in [-0.1, -0.05) is 11.6 Å². The number of hydrogen-bond donors (Lipinski definition) is 0. The molecule has 2 nitrogen and oxygen atoms in total. The Bertz CT molecular complexity index is 470. The lowest BCUT2D eigenvalue weighted by atomic mass is 10.00. The highest BCUT2D eigenvalue weighted by Crippen LogP contribution is 2.38. The minimum atomic E-state index is -0.508. The lowest BCUT2D eigenvalue weighted by Crippen LogP contribution is -2.34. The van der Waals surface area contributed by atoms with E-state index >= 15 is 0 Å². The van der Waals surface area contributed by atoms with Crippen molar-refractivity contribution in [2.75, 3.05) is 11.4 Å². The fraction of sp³-hybridized carbons (Fsp3) is 0.417. The van der Waals surface area contributed by atoms with E-state index in [1.807, 2.05) is 0 Å². The van der Waals surface area contributed by atoms with Crippen LogP contribution in [-0.4, -0.2) is 18.4 Å². The first-order chi connectivity index (χ1) is 7.66. The maximum atomic E-state index is 13.3. The van der Waals surface area contributed by atoms with Crippen molar-refractivity contribution in [1.29, 1.82) is 0 Å². The molecule has 0 aromatic heterocycles. The van der Waals surface area contributed by atoms with Crippen molar-refractivity contribution in [2.24, 2.45) is 0 Å². The van der Waals surface area contributed by atoms with E-state index in [0.29, 0.717) is 18.0 Å². The number of carbonyl (C=O) groups is 1. The van der Waals surface area contributed by atoms with Crippen LogP contribution in [0.15, 0.2) is 12.1 Å². The van der Waals surface area contributed by atoms with E-state index < -0.39 is 5.82 Å². The van der Waals surface area contributed by atoms with Crippen LogP contribution < -0.4 is 4.90 Å². The van der Waals surface area contributed by atoms with Crippen LogP contribution in [0.2, 0.25) is 5.02 Å². The van der Waals surface area contributed by atoms with Crippen molar-refractivity contribution < 1.29 is 9.18 Å². The maximum Gasteiger partial charge on any atom is 0.166 e. The number of anilines is 1. The number of rotatable bonds is 1. The standard InChI is InChI=1S/C12H11ClFNO/c13-9-6-11-8(5-10(9)14)12(16)3-4-15(11)7-1-2-7/h5-7H,1-4H2. The largest absolute Gasteiger partial charge is 0.367 e. The Hall–Kier alpha value is -1.09. The summed E-state index contributed by atoms with van der Waals surface area (Å²) in [5.74, 6) is -0.492. The molecule has 3 rings (SSSR count). The average Bonchev–Trinajstić information content (AvgIpc) is 3.05. The fourth-order valence-corrected chi connectivity index (χ4v) is 2.40. The molecule has 16 heavy (non-hydrogen) atoms. The van der Waals surface area contributed by atoms with Crippen LogP contribution in [0.1, 0.15) is 29.6 Å². The molecule has 0 amide bonds. The minimum absolute atomic E-state index is 0.0162. The lowest BCUT2D eigenvalue weighted by molar-refractivity contribution is 0.0979. The van der Waals surface area contributed by atoms with Gasteiger partial charge < -0.3 is 4.90 Å². The van der Waals surface area contributed by atoms with Crippen LogP contribution >= 0.6 is 11.6 Å². The van der Waals surface area contributed by atoms with E-state index in [9.17, 15) is 9.18 Å². The molecule has 1 heterocycles. The monoisotopic (exact) mass is 239 g/mol. The Labute approximate surface area is 98.0 Å². The van der Waals surface area contributed by atoms with Gasteiger partial charge in [0.15, 0.2) is 5.78 Å². The zero-order valence-electron chi connectivity index (χ0n) is 8.67. The third-order valence-corrected chi connectivity index (χ3v) is 3.51. The third-order valence-electron chi connectivity index (χ3n) is 3.22. The van der Waals surface area contributed by atoms with E-state index in [2.05, 4.69) is 4.90 Å². The summed E-state index contributed by atoms with van der Waals surface area (Å²) in [5.41, 5.74) is 1.30. The molecule has 1 saturated carbocycles. The predicted octanol–water partition coefficient (Wildman–Crippen LogP) is 3.03. The van der Waals surface area contributed by atoms with Crippen molar-refractivity contribution in [2.45, 2.75) is 25.3 Å². The molecule has 0 saturated heterocycles. The summed E-state index contributed by atoms with van der Waals surface area (Å²) in [5, 5.41) is 0.0964. The van der Waals surface area contributed by atoms with Gasteiger partial charge in [0, 0.05) is 30.3 Å². The van der Waals surface area contributed by atoms with Gasteiger partial charge >= 0.3 is 0 Å². The first-order valence-electron chi connectivity index (χ1n) is 5.45. The van der Waals surface area contributed by atoms with Gasteiger partial charge in [-0.2, -0.15) is 0 Å². The van der Waals surface area contributed by atoms with Crippen molar-refractivity contribution in [3.05, 3.63) is 28.5 Å². The van der Waals surface area contributed by atoms with Crippen LogP contribution in [0.5, 0.6) is 0 Å². The van der Waals surface area contributed by atoms with Crippen LogP contribution in [0, 0.1) is 5.82 Å². The van der Waals surface area contributed by atoms with E-state index in [4.69, 9.17) is 11.6 Å². The van der Waals surface area contributed by atoms with Crippen molar-refractivity contribution >= 4 is 23.1 Å². The van der Waals surface area contributed by atoms with E-state index in [1.165, 1.54) is 6.07 Å². The number of ketones is 1. The first-order valence-corrected chi connectivity index (χ1v) is 5.83. The number of carbonyl (C=O) groups excluding carboxylic acids is 1. The summed E-state index contributed by atoms with van der Waals surface area (Å²) in [6.07, 6.45) is 2.79. The SMILES string of the molecule is O=C1CCN(C2CC2)c2cc(Cl)c(F)cc21. The number of hydrogen-bond acceptors (Lipinski definition) is 2. The topological polar surface area (TPSA) is 20.3 Å². The second-order valence-electron chi connectivity index (χ2n) is 4.38. The predicted molar refractivity (Wildman–Crippen MR) is 60.7 cm³/mol. The molecule has 1 aliphatic carbocycles. The molecule has 0 N–H and O–H groups in total. The summed E-state index contributed by atoms with van der Waals surface area (Å²) in [6, 6.07) is 3.38. The Morgan fingerprint density at radius 3 is 2.81 bits per heavy atom. The van der Waals surface area contributed by atoms with Gasteiger partial charge in [-0.15, -0.1) is 0 Å². The Morgan fingerprint density at radius 2 is 2.12 bits per heavy atom. The highest BCUT2D eigenvalue weighted by atomic mass is 35.5. The molecular formula is C12H11ClFNO. The Kier molecular flexibility index (Phi) is 2.18. The molecule has 4 heteroatoms. The zero-order chi connectivity index (χ0) is 11.3. The van der Waals surface area contributed by atoms with Crippen molar-refractivity contribution in [3.63, 3.8) is 0 Å². The molecule has 2 aliphatic rings. The third kappa shape index (κ3) is 1.50. The van der Waals surface area contributed by atoms with Gasteiger partial charge in [0.2, 0.25) is 0 Å². The Balaban J connectivity index is 2.12. The highest BCUT2D eigenvalue weighted by Gasteiger charge is 2.34. The van der Waals surface area contributed by atoms with Gasteiger partial charge in [0.1, 0.15) is 5.82 Å². The zero-order valence-corrected chi connectivity index (χ0v) is 9.43. The van der Waals surface area contributed by atoms with Gasteiger partial charge in [-0.05, 0) is 25.0 Å². The molecular weight excluding hydrogens is 229 g/mol. The molecule has 0 atom stereocenters. The van der Waals surface area contributed by atoms with Crippen LogP contribution in [0.3, 0.4) is 0 Å². The molecule has 1 aromatic rings. The quantitative estimate of drug-likeness (QED) is 0.751. The number of benzene rings is 1. The smallest absolute Gasteiger partial charge is 0.166 e. The first kappa shape index (κ1) is 10.1. The summed E-state index contributed by atoms with van der Waals surface area (Å²) in [7, 11) is 0. The second kappa shape index (κ2) is 3.45. The molecule has 1 fully saturated rings. The van der Waals surface area contributed by atoms with Gasteiger partial charge in [-0.25, -0.2) is 4.39 Å². The molecule has 84 valence electrons. The van der Waals surface area contributed by atoms with Crippen LogP contribution in [-0.2, 0) is 0 Å². The van der Waals surface area contributed by atoms with Gasteiger partial charge in [0.25, 0.3) is 0 Å². The Morgan fingerprint density at radius 1 is 1.38 bits per heavy atom. The second-order valence-corrected chi connectivity index (χ2v) is 4.79. The van der Waals surface area contributed by atoms with Crippen molar-refractivity contribution in [3.8, 4) is 0 Å². The maximum absolute atomic E-state index is 13.3. The molecule has 1 aliphatic heterocycles. The molecule has 0 bridgehead atoms. The minimum Gasteiger partial charge on any atom is -0.367 e. The van der Waals surface area contributed by atoms with Crippen molar-refractivity contribution in [1.82, 2.24) is 0 Å². The normalized spacial score (nSPS) is 19.9. The number of halogens is 2. The van der Waals surface area contributed by atoms with E-state index in [1.54, 1.807) is 6.07 Å². The highest BCUT2D eigenvalue weighted by molar-refractivity contribution is 6.31.